The van der Waals surface area contributed by atoms with E-state index in [1.807, 2.05) is 0 Å². The number of hydrogen-bond acceptors (Lipinski definition) is 12. The van der Waals surface area contributed by atoms with Gasteiger partial charge in [0.2, 0.25) is 0 Å². The van der Waals surface area contributed by atoms with Gasteiger partial charge in [-0.25, -0.2) is 0 Å². The van der Waals surface area contributed by atoms with Gasteiger partial charge in [0.1, 0.15) is 0 Å². The molecule has 12 nitrogen and oxygen atoms in total. The van der Waals surface area contributed by atoms with Crippen molar-refractivity contribution in [3.05, 3.63) is 36.5 Å². The van der Waals surface area contributed by atoms with Crippen LogP contribution in [0, 0.1) is 0 Å². The van der Waals surface area contributed by atoms with Crippen molar-refractivity contribution in [3.8, 4) is 0 Å². The zero-order valence-corrected chi connectivity index (χ0v) is 24.3. The van der Waals surface area contributed by atoms with Crippen LogP contribution in [0.2, 0.25) is 8.87 Å². The van der Waals surface area contributed by atoms with Crippen molar-refractivity contribution in [2.45, 2.75) is 48.4 Å². The maximum atomic E-state index is 9.41. The second-order valence-electron chi connectivity index (χ2n) is 5.37. The first kappa shape index (κ1) is 41.9. The van der Waals surface area contributed by atoms with Crippen LogP contribution >= 0.6 is 0 Å². The molecule has 0 aliphatic rings. The zero-order valence-electron chi connectivity index (χ0n) is 18.6. The molecule has 14 heteroatoms. The van der Waals surface area contributed by atoms with Crippen LogP contribution < -0.4 is 30.6 Å². The first-order valence-electron chi connectivity index (χ1n) is 9.30. The van der Waals surface area contributed by atoms with Crippen molar-refractivity contribution in [1.82, 2.24) is 0 Å². The number of carbonyl (C=O) groups excluding carboxylic acids is 6. The maximum absolute atomic E-state index is 9.41. The van der Waals surface area contributed by atoms with Crippen LogP contribution in [0.25, 0.3) is 0 Å². The molecule has 0 aromatic carbocycles. The Kier molecular flexibility index (Phi) is 40.4. The molecule has 0 spiro atoms. The Morgan fingerprint density at radius 3 is 0.794 bits per heavy atom. The van der Waals surface area contributed by atoms with Crippen molar-refractivity contribution in [2.24, 2.45) is 0 Å². The van der Waals surface area contributed by atoms with E-state index in [1.54, 1.807) is 8.87 Å². The molecule has 0 N–H and O–H groups in total. The Morgan fingerprint density at radius 2 is 0.676 bits per heavy atom. The Balaban J connectivity index is -0.000000109. The standard InChI is InChI=1S/3C4H4O4.2C4H9.2Sn/c3*5-3(6)1-2-4(7)8;2*1-3-4-2;;/h3*1-2H,(H,5,6)(H,7,8);2*1,3-4H2,2H3;;/q;;;;;+2;+4/p-6/b3*2-1-;;;;. The Morgan fingerprint density at radius 1 is 0.500 bits per heavy atom. The minimum Gasteiger partial charge on any atom is -0.545 e. The number of aliphatic carboxylic acids is 6. The van der Waals surface area contributed by atoms with Gasteiger partial charge < -0.3 is 59.4 Å². The minimum absolute atomic E-state index is 0. The van der Waals surface area contributed by atoms with E-state index in [9.17, 15) is 59.4 Å². The number of unbranched alkanes of at least 4 members (excludes halogenated alkanes) is 2. The summed E-state index contributed by atoms with van der Waals surface area (Å²) >= 11 is 0.149. The fourth-order valence-electron chi connectivity index (χ4n) is 1.14. The van der Waals surface area contributed by atoms with Crippen LogP contribution in [-0.2, 0) is 28.8 Å². The average Bonchev–Trinajstić information content (AvgIpc) is 2.70. The third-order valence-corrected chi connectivity index (χ3v) is 6.52. The van der Waals surface area contributed by atoms with Crippen molar-refractivity contribution in [2.75, 3.05) is 0 Å². The van der Waals surface area contributed by atoms with E-state index in [4.69, 9.17) is 0 Å². The monoisotopic (exact) mass is 696 g/mol. The summed E-state index contributed by atoms with van der Waals surface area (Å²) in [6.45, 7) is 4.58. The molecule has 0 aromatic rings. The molecule has 0 rings (SSSR count). The molecule has 34 heavy (non-hydrogen) atoms. The fraction of sp³-hybridized carbons (Fsp3) is 0.400. The van der Waals surface area contributed by atoms with Gasteiger partial charge in [-0.2, -0.15) is 0 Å². The van der Waals surface area contributed by atoms with E-state index in [0.717, 1.165) is 0 Å². The number of carboxylic acid groups (broad SMARTS) is 6. The average molecular weight is 694 g/mol. The second kappa shape index (κ2) is 32.8. The van der Waals surface area contributed by atoms with E-state index in [-0.39, 0.29) is 45.0 Å². The quantitative estimate of drug-likeness (QED) is 0.105. The molecule has 0 aliphatic carbocycles. The zero-order chi connectivity index (χ0) is 26.7. The van der Waals surface area contributed by atoms with Crippen molar-refractivity contribution in [1.29, 1.82) is 0 Å². The summed E-state index contributed by atoms with van der Waals surface area (Å²) in [6, 6.07) is 0. The van der Waals surface area contributed by atoms with Crippen LogP contribution in [0.3, 0.4) is 0 Å². The molecule has 0 saturated carbocycles. The predicted octanol–water partition coefficient (Wildman–Crippen LogP) is -6.13. The summed E-state index contributed by atoms with van der Waals surface area (Å²) in [5, 5.41) is 56.5. The number of hydrogen-bond donors (Lipinski definition) is 0. The minimum atomic E-state index is -1.55. The normalized spacial score (nSPS) is 9.12. The molecule has 0 saturated heterocycles. The molecule has 0 heterocycles. The summed E-state index contributed by atoms with van der Waals surface area (Å²) in [5.74, 6) is -9.28. The van der Waals surface area contributed by atoms with Gasteiger partial charge in [-0.3, -0.25) is 0 Å². The molecule has 0 amide bonds. The Hall–Kier alpha value is -2.36. The van der Waals surface area contributed by atoms with Gasteiger partial charge in [-0.1, -0.05) is 0 Å². The Bertz CT molecular complexity index is 550. The summed E-state index contributed by atoms with van der Waals surface area (Å²) in [4.78, 5) is 56.5. The first-order valence-corrected chi connectivity index (χ1v) is 13.3. The second-order valence-corrected chi connectivity index (χ2v) is 9.65. The van der Waals surface area contributed by atoms with E-state index in [0.29, 0.717) is 36.5 Å². The topological polar surface area (TPSA) is 241 Å². The SMILES string of the molecule is CCC[CH2][Sn+2][CH2]CCC.O=C([O-])/C=C\C(=O)[O-].O=C([O-])/C=C\C(=O)[O-].O=C([O-])/C=C\C(=O)[O-].[Sn+4]. The maximum Gasteiger partial charge on any atom is 4.00 e. The van der Waals surface area contributed by atoms with Crippen LogP contribution in [0.4, 0.5) is 0 Å². The molecule has 0 aromatic heterocycles. The summed E-state index contributed by atoms with van der Waals surface area (Å²) in [5.41, 5.74) is 0. The molecule has 0 radical (unpaired) electrons. The molecule has 0 fully saturated rings. The number of rotatable bonds is 12. The molecule has 0 atom stereocenters. The van der Waals surface area contributed by atoms with Gasteiger partial charge in [-0.15, -0.1) is 0 Å². The van der Waals surface area contributed by atoms with Gasteiger partial charge in [0.05, 0.1) is 35.8 Å². The number of carboxylic acids is 6. The van der Waals surface area contributed by atoms with Crippen molar-refractivity contribution >= 4 is 80.9 Å². The summed E-state index contributed by atoms with van der Waals surface area (Å²) in [7, 11) is 0. The van der Waals surface area contributed by atoms with E-state index < -0.39 is 35.8 Å². The smallest absolute Gasteiger partial charge is 0.545 e. The third-order valence-electron chi connectivity index (χ3n) is 2.48. The van der Waals surface area contributed by atoms with Crippen molar-refractivity contribution < 1.29 is 59.4 Å². The summed E-state index contributed by atoms with van der Waals surface area (Å²) < 4.78 is 3.25. The van der Waals surface area contributed by atoms with E-state index in [1.165, 1.54) is 25.7 Å². The summed E-state index contributed by atoms with van der Waals surface area (Å²) in [6.07, 6.45) is 8.14. The third kappa shape index (κ3) is 70.0. The molecule has 0 bridgehead atoms. The van der Waals surface area contributed by atoms with Gasteiger partial charge in [0.15, 0.2) is 0 Å². The molecule has 0 unspecified atom stereocenters. The van der Waals surface area contributed by atoms with Gasteiger partial charge in [0.25, 0.3) is 0 Å². The number of carbonyl (C=O) groups is 6. The van der Waals surface area contributed by atoms with Gasteiger partial charge in [-0.05, 0) is 36.5 Å². The van der Waals surface area contributed by atoms with Crippen LogP contribution in [0.1, 0.15) is 39.5 Å². The van der Waals surface area contributed by atoms with E-state index in [2.05, 4.69) is 13.8 Å². The van der Waals surface area contributed by atoms with Crippen LogP contribution in [0.15, 0.2) is 36.5 Å². The predicted molar refractivity (Wildman–Crippen MR) is 108 cm³/mol. The Labute approximate surface area is 224 Å². The van der Waals surface area contributed by atoms with Gasteiger partial charge in [0, 0.05) is 0 Å². The van der Waals surface area contributed by atoms with Gasteiger partial charge >= 0.3 is 93.5 Å². The van der Waals surface area contributed by atoms with Crippen LogP contribution in [-0.4, -0.2) is 80.9 Å². The fourth-order valence-corrected chi connectivity index (χ4v) is 5.30. The molecule has 184 valence electrons. The first-order chi connectivity index (χ1) is 15.3. The molecular weight excluding hydrogens is 670 g/mol. The van der Waals surface area contributed by atoms with Crippen molar-refractivity contribution in [3.63, 3.8) is 0 Å². The largest absolute Gasteiger partial charge is 4.00 e. The van der Waals surface area contributed by atoms with E-state index >= 15 is 0 Å². The molecule has 0 aliphatic heterocycles. The molecular formula is C20H24O12Sn2. The van der Waals surface area contributed by atoms with Crippen LogP contribution in [0.5, 0.6) is 0 Å².